The van der Waals surface area contributed by atoms with Crippen LogP contribution in [0.1, 0.15) is 10.4 Å². The van der Waals surface area contributed by atoms with Gasteiger partial charge in [-0.25, -0.2) is 0 Å². The molecule has 3 nitrogen and oxygen atoms in total. The van der Waals surface area contributed by atoms with Crippen LogP contribution in [0.3, 0.4) is 0 Å². The first kappa shape index (κ1) is 13.8. The van der Waals surface area contributed by atoms with E-state index in [4.69, 9.17) is 10.5 Å². The maximum Gasteiger partial charge on any atom is 0.404 e. The summed E-state index contributed by atoms with van der Waals surface area (Å²) in [4.78, 5) is 9.18. The number of carbonyl (C=O) groups is 1. The zero-order chi connectivity index (χ0) is 13.1. The Hall–Kier alpha value is -1.24. The number of ether oxygens (including phenoxy) is 1. The number of alkyl halides is 4. The third-order valence-electron chi connectivity index (χ3n) is 1.89. The van der Waals surface area contributed by atoms with E-state index >= 15 is 0 Å². The normalized spacial score (nSPS) is 13.2. The summed E-state index contributed by atoms with van der Waals surface area (Å²) in [5, 5.41) is 0. The van der Waals surface area contributed by atoms with E-state index in [9.17, 15) is 18.0 Å². The molecule has 0 fully saturated rings. The maximum atomic E-state index is 12.2. The fraction of sp³-hybridized carbons (Fsp3) is 0.300. The number of halogens is 4. The molecule has 0 aliphatic heterocycles. The van der Waals surface area contributed by atoms with E-state index in [1.54, 1.807) is 12.1 Å². The van der Waals surface area contributed by atoms with Crippen molar-refractivity contribution in [3.8, 4) is 5.75 Å². The Morgan fingerprint density at radius 2 is 2.00 bits per heavy atom. The standard InChI is InChI=1S/C10H9BrF3NO2/c11-8(10(12,13)14)5-17-7-4-2-1-3-6(7)9(15)16/h1-4,8H,5H2,(H2,15,16). The SMILES string of the molecule is NC(=O)c1ccccc1OCC(Br)C(F)(F)F. The lowest BCUT2D eigenvalue weighted by Crippen LogP contribution is -2.29. The van der Waals surface area contributed by atoms with Crippen LogP contribution in [0.4, 0.5) is 13.2 Å². The van der Waals surface area contributed by atoms with Crippen LogP contribution in [0.2, 0.25) is 0 Å². The summed E-state index contributed by atoms with van der Waals surface area (Å²) in [7, 11) is 0. The van der Waals surface area contributed by atoms with E-state index in [-0.39, 0.29) is 11.3 Å². The van der Waals surface area contributed by atoms with E-state index in [2.05, 4.69) is 15.9 Å². The summed E-state index contributed by atoms with van der Waals surface area (Å²) in [6, 6.07) is 5.85. The summed E-state index contributed by atoms with van der Waals surface area (Å²) in [6.07, 6.45) is -4.40. The van der Waals surface area contributed by atoms with Gasteiger partial charge in [-0.1, -0.05) is 28.1 Å². The van der Waals surface area contributed by atoms with Crippen molar-refractivity contribution in [2.24, 2.45) is 5.73 Å². The molecular formula is C10H9BrF3NO2. The molecule has 0 heterocycles. The molecular weight excluding hydrogens is 303 g/mol. The highest BCUT2D eigenvalue weighted by atomic mass is 79.9. The van der Waals surface area contributed by atoms with Crippen molar-refractivity contribution < 1.29 is 22.7 Å². The molecule has 1 unspecified atom stereocenters. The summed E-state index contributed by atoms with van der Waals surface area (Å²) in [6.45, 7) is -0.631. The Kier molecular flexibility index (Phi) is 4.39. The Labute approximate surface area is 104 Å². The Morgan fingerprint density at radius 1 is 1.41 bits per heavy atom. The van der Waals surface area contributed by atoms with Gasteiger partial charge in [0, 0.05) is 0 Å². The molecule has 0 aliphatic carbocycles. The molecule has 0 saturated heterocycles. The van der Waals surface area contributed by atoms with Crippen molar-refractivity contribution in [2.45, 2.75) is 11.0 Å². The Bertz CT molecular complexity index is 409. The minimum absolute atomic E-state index is 0.0358. The van der Waals surface area contributed by atoms with E-state index in [0.29, 0.717) is 0 Å². The quantitative estimate of drug-likeness (QED) is 0.869. The molecule has 94 valence electrons. The van der Waals surface area contributed by atoms with Gasteiger partial charge in [-0.05, 0) is 12.1 Å². The highest BCUT2D eigenvalue weighted by molar-refractivity contribution is 9.09. The molecule has 1 atom stereocenters. The molecule has 0 aliphatic rings. The van der Waals surface area contributed by atoms with Crippen molar-refractivity contribution >= 4 is 21.8 Å². The minimum Gasteiger partial charge on any atom is -0.491 e. The summed E-state index contributed by atoms with van der Waals surface area (Å²) in [5.74, 6) is -0.715. The molecule has 2 N–H and O–H groups in total. The van der Waals surface area contributed by atoms with Gasteiger partial charge in [0.05, 0.1) is 5.56 Å². The Morgan fingerprint density at radius 3 is 2.53 bits per heavy atom. The van der Waals surface area contributed by atoms with Crippen LogP contribution >= 0.6 is 15.9 Å². The van der Waals surface area contributed by atoms with Crippen LogP contribution in [-0.2, 0) is 0 Å². The molecule has 17 heavy (non-hydrogen) atoms. The molecule has 0 aromatic heterocycles. The van der Waals surface area contributed by atoms with Crippen molar-refractivity contribution in [1.82, 2.24) is 0 Å². The second kappa shape index (κ2) is 5.39. The number of carbonyl (C=O) groups excluding carboxylic acids is 1. The smallest absolute Gasteiger partial charge is 0.404 e. The van der Waals surface area contributed by atoms with Gasteiger partial charge in [-0.2, -0.15) is 13.2 Å². The monoisotopic (exact) mass is 311 g/mol. The number of amides is 1. The van der Waals surface area contributed by atoms with Gasteiger partial charge in [0.15, 0.2) is 0 Å². The van der Waals surface area contributed by atoms with Gasteiger partial charge in [0.2, 0.25) is 0 Å². The lowest BCUT2D eigenvalue weighted by molar-refractivity contribution is -0.132. The van der Waals surface area contributed by atoms with Crippen LogP contribution in [-0.4, -0.2) is 23.5 Å². The van der Waals surface area contributed by atoms with E-state index < -0.39 is 23.5 Å². The number of rotatable bonds is 4. The van der Waals surface area contributed by atoms with E-state index in [1.165, 1.54) is 12.1 Å². The topological polar surface area (TPSA) is 52.3 Å². The molecule has 1 amide bonds. The van der Waals surface area contributed by atoms with Crippen LogP contribution in [0, 0.1) is 0 Å². The first-order valence-corrected chi connectivity index (χ1v) is 5.46. The predicted octanol–water partition coefficient (Wildman–Crippen LogP) is 2.49. The van der Waals surface area contributed by atoms with Crippen LogP contribution < -0.4 is 10.5 Å². The van der Waals surface area contributed by atoms with Crippen molar-refractivity contribution in [2.75, 3.05) is 6.61 Å². The maximum absolute atomic E-state index is 12.2. The fourth-order valence-electron chi connectivity index (χ4n) is 1.05. The summed E-state index contributed by atoms with van der Waals surface area (Å²) < 4.78 is 41.5. The first-order valence-electron chi connectivity index (χ1n) is 4.55. The molecule has 1 aromatic carbocycles. The van der Waals surface area contributed by atoms with Crippen molar-refractivity contribution in [3.63, 3.8) is 0 Å². The third-order valence-corrected chi connectivity index (χ3v) is 2.68. The average molecular weight is 312 g/mol. The van der Waals surface area contributed by atoms with Gasteiger partial charge in [0.25, 0.3) is 5.91 Å². The second-order valence-corrected chi connectivity index (χ2v) is 4.29. The number of hydrogen-bond acceptors (Lipinski definition) is 2. The predicted molar refractivity (Wildman–Crippen MR) is 59.2 cm³/mol. The average Bonchev–Trinajstić information content (AvgIpc) is 2.24. The van der Waals surface area contributed by atoms with E-state index in [1.807, 2.05) is 0 Å². The molecule has 7 heteroatoms. The molecule has 1 aromatic rings. The zero-order valence-corrected chi connectivity index (χ0v) is 10.1. The lowest BCUT2D eigenvalue weighted by atomic mass is 10.2. The fourth-order valence-corrected chi connectivity index (χ4v) is 1.19. The van der Waals surface area contributed by atoms with Gasteiger partial charge in [-0.15, -0.1) is 0 Å². The zero-order valence-electron chi connectivity index (χ0n) is 8.50. The van der Waals surface area contributed by atoms with Gasteiger partial charge >= 0.3 is 6.18 Å². The third kappa shape index (κ3) is 3.92. The van der Waals surface area contributed by atoms with Crippen LogP contribution in [0.5, 0.6) is 5.75 Å². The number of para-hydroxylation sites is 1. The van der Waals surface area contributed by atoms with Crippen LogP contribution in [0.25, 0.3) is 0 Å². The molecule has 1 rings (SSSR count). The number of primary amides is 1. The molecule has 0 radical (unpaired) electrons. The van der Waals surface area contributed by atoms with Gasteiger partial charge in [0.1, 0.15) is 17.2 Å². The van der Waals surface area contributed by atoms with Gasteiger partial charge < -0.3 is 10.5 Å². The highest BCUT2D eigenvalue weighted by Gasteiger charge is 2.38. The number of benzene rings is 1. The number of hydrogen-bond donors (Lipinski definition) is 1. The van der Waals surface area contributed by atoms with Crippen LogP contribution in [0.15, 0.2) is 24.3 Å². The largest absolute Gasteiger partial charge is 0.491 e. The summed E-state index contributed by atoms with van der Waals surface area (Å²) in [5.41, 5.74) is 5.10. The van der Waals surface area contributed by atoms with Gasteiger partial charge in [-0.3, -0.25) is 4.79 Å². The van der Waals surface area contributed by atoms with Crippen molar-refractivity contribution in [1.29, 1.82) is 0 Å². The Balaban J connectivity index is 2.73. The molecule has 0 saturated carbocycles. The molecule has 0 spiro atoms. The van der Waals surface area contributed by atoms with E-state index in [0.717, 1.165) is 0 Å². The summed E-state index contributed by atoms with van der Waals surface area (Å²) >= 11 is 2.45. The first-order chi connectivity index (χ1) is 7.82. The lowest BCUT2D eigenvalue weighted by Gasteiger charge is -2.15. The van der Waals surface area contributed by atoms with Crippen molar-refractivity contribution in [3.05, 3.63) is 29.8 Å². The number of nitrogens with two attached hydrogens (primary N) is 1. The second-order valence-electron chi connectivity index (χ2n) is 3.18. The molecule has 0 bridgehead atoms. The highest BCUT2D eigenvalue weighted by Crippen LogP contribution is 2.27. The minimum atomic E-state index is -4.40.